The molecule has 0 saturated carbocycles. The van der Waals surface area contributed by atoms with Crippen LogP contribution < -0.4 is 10.1 Å². The Balaban J connectivity index is 2.15. The van der Waals surface area contributed by atoms with Crippen molar-refractivity contribution in [1.82, 2.24) is 4.98 Å². The highest BCUT2D eigenvalue weighted by Crippen LogP contribution is 2.31. The maximum Gasteiger partial charge on any atom is 0.143 e. The number of benzene rings is 1. The minimum atomic E-state index is 0.690. The lowest BCUT2D eigenvalue weighted by atomic mass is 10.2. The maximum absolute atomic E-state index is 6.07. The molecule has 96 valence electrons. The molecule has 3 nitrogen and oxygen atoms in total. The molecule has 5 heteroatoms. The zero-order chi connectivity index (χ0) is 13.1. The molecule has 1 heterocycles. The second-order valence-corrected chi connectivity index (χ2v) is 5.39. The van der Waals surface area contributed by atoms with E-state index >= 15 is 0 Å². The molecule has 0 spiro atoms. The van der Waals surface area contributed by atoms with Crippen LogP contribution in [0.1, 0.15) is 16.3 Å². The van der Waals surface area contributed by atoms with Crippen LogP contribution in [0, 0.1) is 13.8 Å². The van der Waals surface area contributed by atoms with Crippen LogP contribution in [-0.2, 0) is 6.54 Å². The van der Waals surface area contributed by atoms with E-state index in [2.05, 4.69) is 10.3 Å². The van der Waals surface area contributed by atoms with E-state index in [0.717, 1.165) is 27.7 Å². The molecular weight excluding hydrogens is 268 g/mol. The highest BCUT2D eigenvalue weighted by molar-refractivity contribution is 7.09. The number of nitrogens with one attached hydrogen (secondary N) is 1. The standard InChI is InChI=1S/C13H15ClN2OS/c1-8-4-11(12(17-3)5-10(8)14)15-6-13-16-9(2)7-18-13/h4-5,7,15H,6H2,1-3H3. The zero-order valence-corrected chi connectivity index (χ0v) is 12.2. The molecule has 18 heavy (non-hydrogen) atoms. The Morgan fingerprint density at radius 2 is 2.17 bits per heavy atom. The van der Waals surface area contributed by atoms with Crippen molar-refractivity contribution < 1.29 is 4.74 Å². The summed E-state index contributed by atoms with van der Waals surface area (Å²) in [6.07, 6.45) is 0. The molecule has 0 saturated heterocycles. The first kappa shape index (κ1) is 13.2. The molecular formula is C13H15ClN2OS. The van der Waals surface area contributed by atoms with Gasteiger partial charge in [0.25, 0.3) is 0 Å². The lowest BCUT2D eigenvalue weighted by Gasteiger charge is -2.12. The lowest BCUT2D eigenvalue weighted by Crippen LogP contribution is -2.01. The van der Waals surface area contributed by atoms with Crippen molar-refractivity contribution in [3.63, 3.8) is 0 Å². The quantitative estimate of drug-likeness (QED) is 0.919. The fourth-order valence-corrected chi connectivity index (χ4v) is 2.49. The maximum atomic E-state index is 6.07. The molecule has 0 aliphatic carbocycles. The smallest absolute Gasteiger partial charge is 0.143 e. The van der Waals surface area contributed by atoms with Crippen LogP contribution in [0.5, 0.6) is 5.75 Å². The molecule has 2 rings (SSSR count). The number of aromatic nitrogens is 1. The van der Waals surface area contributed by atoms with E-state index in [9.17, 15) is 0 Å². The number of hydrogen-bond acceptors (Lipinski definition) is 4. The Morgan fingerprint density at radius 3 is 2.78 bits per heavy atom. The average Bonchev–Trinajstić information content (AvgIpc) is 2.76. The van der Waals surface area contributed by atoms with Crippen LogP contribution in [0.4, 0.5) is 5.69 Å². The van der Waals surface area contributed by atoms with Crippen molar-refractivity contribution in [1.29, 1.82) is 0 Å². The van der Waals surface area contributed by atoms with E-state index < -0.39 is 0 Å². The van der Waals surface area contributed by atoms with E-state index in [1.807, 2.05) is 31.4 Å². The van der Waals surface area contributed by atoms with Crippen molar-refractivity contribution in [2.75, 3.05) is 12.4 Å². The van der Waals surface area contributed by atoms with Crippen molar-refractivity contribution in [3.8, 4) is 5.75 Å². The topological polar surface area (TPSA) is 34.1 Å². The molecule has 1 aromatic heterocycles. The highest BCUT2D eigenvalue weighted by atomic mass is 35.5. The predicted molar refractivity (Wildman–Crippen MR) is 76.9 cm³/mol. The average molecular weight is 283 g/mol. The normalized spacial score (nSPS) is 10.4. The zero-order valence-electron chi connectivity index (χ0n) is 10.6. The number of hydrogen-bond donors (Lipinski definition) is 1. The summed E-state index contributed by atoms with van der Waals surface area (Å²) in [4.78, 5) is 4.41. The summed E-state index contributed by atoms with van der Waals surface area (Å²) < 4.78 is 5.31. The number of nitrogens with zero attached hydrogens (tertiary/aromatic N) is 1. The van der Waals surface area contributed by atoms with Gasteiger partial charge in [0.1, 0.15) is 10.8 Å². The van der Waals surface area contributed by atoms with E-state index in [0.29, 0.717) is 11.6 Å². The second kappa shape index (κ2) is 5.59. The van der Waals surface area contributed by atoms with E-state index in [1.165, 1.54) is 0 Å². The van der Waals surface area contributed by atoms with Crippen LogP contribution in [-0.4, -0.2) is 12.1 Å². The largest absolute Gasteiger partial charge is 0.495 e. The van der Waals surface area contributed by atoms with Gasteiger partial charge in [0.15, 0.2) is 0 Å². The van der Waals surface area contributed by atoms with Crippen molar-refractivity contribution in [3.05, 3.63) is 38.8 Å². The third kappa shape index (κ3) is 2.94. The van der Waals surface area contributed by atoms with Gasteiger partial charge in [-0.2, -0.15) is 0 Å². The predicted octanol–water partition coefficient (Wildman–Crippen LogP) is 4.03. The Morgan fingerprint density at radius 1 is 1.39 bits per heavy atom. The van der Waals surface area contributed by atoms with Gasteiger partial charge < -0.3 is 10.1 Å². The third-order valence-electron chi connectivity index (χ3n) is 2.58. The molecule has 0 atom stereocenters. The Hall–Kier alpha value is -1.26. The van der Waals surface area contributed by atoms with Crippen molar-refractivity contribution in [2.45, 2.75) is 20.4 Å². The minimum absolute atomic E-state index is 0.690. The summed E-state index contributed by atoms with van der Waals surface area (Å²) in [5.41, 5.74) is 3.01. The molecule has 0 fully saturated rings. The molecule has 0 aliphatic heterocycles. The van der Waals surface area contributed by atoms with Crippen LogP contribution in [0.15, 0.2) is 17.5 Å². The second-order valence-electron chi connectivity index (χ2n) is 4.04. The summed E-state index contributed by atoms with van der Waals surface area (Å²) in [6.45, 7) is 4.66. The van der Waals surface area contributed by atoms with Gasteiger partial charge in [-0.05, 0) is 25.5 Å². The summed E-state index contributed by atoms with van der Waals surface area (Å²) in [5.74, 6) is 0.749. The molecule has 0 aliphatic rings. The van der Waals surface area contributed by atoms with Gasteiger partial charge in [0.05, 0.1) is 19.3 Å². The van der Waals surface area contributed by atoms with Gasteiger partial charge in [-0.3, -0.25) is 0 Å². The molecule has 0 bridgehead atoms. The number of ether oxygens (including phenoxy) is 1. The van der Waals surface area contributed by atoms with Crippen LogP contribution in [0.3, 0.4) is 0 Å². The Kier molecular flexibility index (Phi) is 4.09. The molecule has 0 radical (unpaired) electrons. The first-order valence-electron chi connectivity index (χ1n) is 5.59. The summed E-state index contributed by atoms with van der Waals surface area (Å²) in [6, 6.07) is 3.81. The third-order valence-corrected chi connectivity index (χ3v) is 3.95. The van der Waals surface area contributed by atoms with Gasteiger partial charge in [-0.25, -0.2) is 4.98 Å². The van der Waals surface area contributed by atoms with E-state index in [4.69, 9.17) is 16.3 Å². The molecule has 2 aromatic rings. The molecule has 1 N–H and O–H groups in total. The number of anilines is 1. The SMILES string of the molecule is COc1cc(Cl)c(C)cc1NCc1nc(C)cs1. The summed E-state index contributed by atoms with van der Waals surface area (Å²) in [5, 5.41) is 7.14. The van der Waals surface area contributed by atoms with Crippen LogP contribution >= 0.6 is 22.9 Å². The summed E-state index contributed by atoms with van der Waals surface area (Å²) in [7, 11) is 1.64. The van der Waals surface area contributed by atoms with Crippen molar-refractivity contribution in [2.24, 2.45) is 0 Å². The minimum Gasteiger partial charge on any atom is -0.495 e. The number of rotatable bonds is 4. The van der Waals surface area contributed by atoms with Crippen LogP contribution in [0.2, 0.25) is 5.02 Å². The van der Waals surface area contributed by atoms with Gasteiger partial charge >= 0.3 is 0 Å². The first-order chi connectivity index (χ1) is 8.60. The fourth-order valence-electron chi connectivity index (χ4n) is 1.63. The van der Waals surface area contributed by atoms with E-state index in [1.54, 1.807) is 18.4 Å². The highest BCUT2D eigenvalue weighted by Gasteiger charge is 2.07. The number of thiazole rings is 1. The van der Waals surface area contributed by atoms with Gasteiger partial charge in [0, 0.05) is 22.2 Å². The van der Waals surface area contributed by atoms with Gasteiger partial charge in [-0.15, -0.1) is 11.3 Å². The molecule has 1 aromatic carbocycles. The molecule has 0 unspecified atom stereocenters. The van der Waals surface area contributed by atoms with Gasteiger partial charge in [0.2, 0.25) is 0 Å². The first-order valence-corrected chi connectivity index (χ1v) is 6.85. The van der Waals surface area contributed by atoms with Crippen molar-refractivity contribution >= 4 is 28.6 Å². The number of methoxy groups -OCH3 is 1. The fraction of sp³-hybridized carbons (Fsp3) is 0.308. The number of halogens is 1. The molecule has 0 amide bonds. The van der Waals surface area contributed by atoms with Gasteiger partial charge in [-0.1, -0.05) is 11.6 Å². The number of aryl methyl sites for hydroxylation is 2. The summed E-state index contributed by atoms with van der Waals surface area (Å²) >= 11 is 7.72. The van der Waals surface area contributed by atoms with E-state index in [-0.39, 0.29) is 0 Å². The monoisotopic (exact) mass is 282 g/mol. The van der Waals surface area contributed by atoms with Crippen LogP contribution in [0.25, 0.3) is 0 Å². The Bertz CT molecular complexity index is 554. The Labute approximate surface area is 116 Å². The lowest BCUT2D eigenvalue weighted by molar-refractivity contribution is 0.416.